The first-order valence-corrected chi connectivity index (χ1v) is 9.81. The number of carbonyl (C=O) groups excluding carboxylic acids is 2. The molecule has 7 nitrogen and oxygen atoms in total. The summed E-state index contributed by atoms with van der Waals surface area (Å²) in [6.07, 6.45) is -0.743. The highest BCUT2D eigenvalue weighted by Crippen LogP contribution is 2.44. The van der Waals surface area contributed by atoms with E-state index in [-0.39, 0.29) is 18.3 Å². The number of thiol groups is 1. The largest absolute Gasteiger partial charge is 0.480 e. The van der Waals surface area contributed by atoms with Crippen LogP contribution in [0.15, 0.2) is 48.5 Å². The lowest BCUT2D eigenvalue weighted by atomic mass is 9.98. The maximum Gasteiger partial charge on any atom is 0.407 e. The molecule has 152 valence electrons. The van der Waals surface area contributed by atoms with Gasteiger partial charge in [0.05, 0.1) is 0 Å². The third kappa shape index (κ3) is 4.54. The third-order valence-corrected chi connectivity index (χ3v) is 5.23. The number of benzene rings is 2. The highest BCUT2D eigenvalue weighted by Gasteiger charge is 2.29. The minimum atomic E-state index is -1.19. The quantitative estimate of drug-likeness (QED) is 0.521. The van der Waals surface area contributed by atoms with Crippen molar-refractivity contribution in [3.05, 3.63) is 59.7 Å². The van der Waals surface area contributed by atoms with Gasteiger partial charge in [-0.2, -0.15) is 12.6 Å². The van der Waals surface area contributed by atoms with Crippen LogP contribution >= 0.6 is 12.6 Å². The second kappa shape index (κ2) is 9.00. The van der Waals surface area contributed by atoms with E-state index in [1.165, 1.54) is 6.92 Å². The first-order chi connectivity index (χ1) is 13.9. The number of ether oxygens (including phenoxy) is 1. The molecule has 8 heteroatoms. The molecule has 3 rings (SSSR count). The number of hydrogen-bond acceptors (Lipinski definition) is 5. The Labute approximate surface area is 173 Å². The molecular formula is C21H22N2O5S. The number of fused-ring (bicyclic) bond motifs is 3. The molecule has 0 aliphatic heterocycles. The Kier molecular flexibility index (Phi) is 6.43. The number of carbonyl (C=O) groups is 3. The van der Waals surface area contributed by atoms with Gasteiger partial charge in [0.1, 0.15) is 18.7 Å². The van der Waals surface area contributed by atoms with Crippen molar-refractivity contribution < 1.29 is 24.2 Å². The molecule has 0 radical (unpaired) electrons. The second-order valence-corrected chi connectivity index (χ2v) is 7.14. The van der Waals surface area contributed by atoms with Crippen LogP contribution in [0.1, 0.15) is 24.0 Å². The molecule has 1 aliphatic rings. The molecule has 3 N–H and O–H groups in total. The maximum absolute atomic E-state index is 12.2. The SMILES string of the molecule is C[C@H](NC(=O)OCC1c2ccccc2-c2ccccc21)C(=O)NC(CS)C(=O)O. The molecule has 0 aromatic heterocycles. The lowest BCUT2D eigenvalue weighted by Gasteiger charge is -2.18. The predicted octanol–water partition coefficient (Wildman–Crippen LogP) is 2.41. The molecule has 0 fully saturated rings. The van der Waals surface area contributed by atoms with E-state index in [9.17, 15) is 14.4 Å². The molecule has 0 saturated heterocycles. The summed E-state index contributed by atoms with van der Waals surface area (Å²) in [4.78, 5) is 35.2. The fourth-order valence-corrected chi connectivity index (χ4v) is 3.61. The van der Waals surface area contributed by atoms with Gasteiger partial charge in [0.2, 0.25) is 5.91 Å². The minimum Gasteiger partial charge on any atom is -0.480 e. The molecule has 2 aromatic rings. The van der Waals surface area contributed by atoms with Crippen LogP contribution in [-0.2, 0) is 14.3 Å². The topological polar surface area (TPSA) is 105 Å². The Bertz CT molecular complexity index is 887. The van der Waals surface area contributed by atoms with Crippen molar-refractivity contribution in [3.63, 3.8) is 0 Å². The van der Waals surface area contributed by atoms with E-state index in [0.29, 0.717) is 0 Å². The van der Waals surface area contributed by atoms with Gasteiger partial charge in [-0.15, -0.1) is 0 Å². The van der Waals surface area contributed by atoms with Gasteiger partial charge in [-0.25, -0.2) is 9.59 Å². The fraction of sp³-hybridized carbons (Fsp3) is 0.286. The molecule has 29 heavy (non-hydrogen) atoms. The van der Waals surface area contributed by atoms with Crippen molar-refractivity contribution in [1.29, 1.82) is 0 Å². The molecular weight excluding hydrogens is 392 g/mol. The van der Waals surface area contributed by atoms with Gasteiger partial charge in [-0.05, 0) is 29.2 Å². The van der Waals surface area contributed by atoms with Crippen LogP contribution in [0.25, 0.3) is 11.1 Å². The van der Waals surface area contributed by atoms with E-state index in [2.05, 4.69) is 23.3 Å². The van der Waals surface area contributed by atoms with Crippen LogP contribution in [0, 0.1) is 0 Å². The summed E-state index contributed by atoms with van der Waals surface area (Å²) < 4.78 is 5.38. The summed E-state index contributed by atoms with van der Waals surface area (Å²) in [5.41, 5.74) is 4.42. The summed E-state index contributed by atoms with van der Waals surface area (Å²) in [6.45, 7) is 1.58. The number of hydrogen-bond donors (Lipinski definition) is 4. The van der Waals surface area contributed by atoms with Gasteiger partial charge in [0.25, 0.3) is 0 Å². The lowest BCUT2D eigenvalue weighted by Crippen LogP contribution is -2.51. The standard InChI is InChI=1S/C21H22N2O5S/c1-12(19(24)23-18(11-29)20(25)26)22-21(27)28-10-17-15-8-4-2-6-13(15)14-7-3-5-9-16(14)17/h2-9,12,17-18,29H,10-11H2,1H3,(H,22,27)(H,23,24)(H,25,26)/t12-,18?/m0/s1. The molecule has 0 heterocycles. The maximum atomic E-state index is 12.2. The molecule has 0 spiro atoms. The van der Waals surface area contributed by atoms with E-state index in [1.807, 2.05) is 48.5 Å². The first kappa shape index (κ1) is 20.7. The van der Waals surface area contributed by atoms with Crippen LogP contribution in [0.2, 0.25) is 0 Å². The van der Waals surface area contributed by atoms with Gasteiger partial charge in [0.15, 0.2) is 0 Å². The number of aliphatic carboxylic acids is 1. The number of rotatable bonds is 7. The number of amides is 2. The van der Waals surface area contributed by atoms with Crippen molar-refractivity contribution in [2.45, 2.75) is 24.9 Å². The van der Waals surface area contributed by atoms with Gasteiger partial charge in [0, 0.05) is 11.7 Å². The molecule has 1 unspecified atom stereocenters. The lowest BCUT2D eigenvalue weighted by molar-refractivity contribution is -0.141. The second-order valence-electron chi connectivity index (χ2n) is 6.77. The van der Waals surface area contributed by atoms with Crippen molar-refractivity contribution in [3.8, 4) is 11.1 Å². The summed E-state index contributed by atoms with van der Waals surface area (Å²) in [5, 5.41) is 13.7. The average Bonchev–Trinajstić information content (AvgIpc) is 3.03. The smallest absolute Gasteiger partial charge is 0.407 e. The summed E-state index contributed by atoms with van der Waals surface area (Å²) in [5.74, 6) is -1.96. The van der Waals surface area contributed by atoms with E-state index < -0.39 is 30.1 Å². The molecule has 2 amide bonds. The van der Waals surface area contributed by atoms with Gasteiger partial charge < -0.3 is 20.5 Å². The molecule has 2 aromatic carbocycles. The van der Waals surface area contributed by atoms with Crippen LogP contribution in [0.4, 0.5) is 4.79 Å². The third-order valence-electron chi connectivity index (χ3n) is 4.87. The zero-order valence-corrected chi connectivity index (χ0v) is 16.7. The van der Waals surface area contributed by atoms with Gasteiger partial charge in [-0.1, -0.05) is 48.5 Å². The van der Waals surface area contributed by atoms with E-state index in [0.717, 1.165) is 22.3 Å². The van der Waals surface area contributed by atoms with Crippen molar-refractivity contribution in [2.24, 2.45) is 0 Å². The van der Waals surface area contributed by atoms with Crippen molar-refractivity contribution >= 4 is 30.6 Å². The van der Waals surface area contributed by atoms with Crippen LogP contribution in [0.3, 0.4) is 0 Å². The Morgan fingerprint density at radius 1 is 1.03 bits per heavy atom. The van der Waals surface area contributed by atoms with E-state index >= 15 is 0 Å². The minimum absolute atomic E-state index is 0.0568. The zero-order valence-electron chi connectivity index (χ0n) is 15.8. The Morgan fingerprint density at radius 2 is 1.59 bits per heavy atom. The number of carboxylic acids is 1. The highest BCUT2D eigenvalue weighted by atomic mass is 32.1. The van der Waals surface area contributed by atoms with Crippen molar-refractivity contribution in [1.82, 2.24) is 10.6 Å². The van der Waals surface area contributed by atoms with E-state index in [4.69, 9.17) is 9.84 Å². The highest BCUT2D eigenvalue weighted by molar-refractivity contribution is 7.80. The Hall–Kier alpha value is -3.00. The van der Waals surface area contributed by atoms with E-state index in [1.54, 1.807) is 0 Å². The predicted molar refractivity (Wildman–Crippen MR) is 111 cm³/mol. The zero-order chi connectivity index (χ0) is 21.0. The molecule has 0 saturated carbocycles. The molecule has 1 aliphatic carbocycles. The summed E-state index contributed by atoms with van der Waals surface area (Å²) >= 11 is 3.89. The number of carboxylic acid groups (broad SMARTS) is 1. The fourth-order valence-electron chi connectivity index (χ4n) is 3.36. The molecule has 0 bridgehead atoms. The van der Waals surface area contributed by atoms with Gasteiger partial charge in [-0.3, -0.25) is 4.79 Å². The van der Waals surface area contributed by atoms with Crippen molar-refractivity contribution in [2.75, 3.05) is 12.4 Å². The number of alkyl carbamates (subject to hydrolysis) is 1. The Balaban J connectivity index is 1.60. The van der Waals surface area contributed by atoms with Gasteiger partial charge >= 0.3 is 12.1 Å². The number of nitrogens with one attached hydrogen (secondary N) is 2. The average molecular weight is 414 g/mol. The monoisotopic (exact) mass is 414 g/mol. The van der Waals surface area contributed by atoms with Crippen LogP contribution in [0.5, 0.6) is 0 Å². The Morgan fingerprint density at radius 3 is 2.10 bits per heavy atom. The molecule has 2 atom stereocenters. The van der Waals surface area contributed by atoms with Crippen LogP contribution in [-0.4, -0.2) is 47.5 Å². The normalized spacial score (nSPS) is 14.3. The first-order valence-electron chi connectivity index (χ1n) is 9.18. The summed E-state index contributed by atoms with van der Waals surface area (Å²) in [6, 6.07) is 13.9. The summed E-state index contributed by atoms with van der Waals surface area (Å²) in [7, 11) is 0. The van der Waals surface area contributed by atoms with Crippen LogP contribution < -0.4 is 10.6 Å².